The standard InChI is InChI=1S/C24H19F2NS/c25-23-13-21(27-15-28)14-24(26)22(23)9-6-17-4-7-20-12-18(5-8-19(20)11-17)10-16-2-1-3-16/h4,7,11-14,16H,1-3,5,8,10H2. The summed E-state index contributed by atoms with van der Waals surface area (Å²) in [6.45, 7) is 0. The van der Waals surface area contributed by atoms with Gasteiger partial charge in [-0.3, -0.25) is 0 Å². The average Bonchev–Trinajstić information content (AvgIpc) is 2.64. The fraction of sp³-hybridized carbons (Fsp3) is 0.292. The number of aryl methyl sites for hydroxylation is 1. The minimum atomic E-state index is -0.752. The van der Waals surface area contributed by atoms with Crippen LogP contribution < -0.4 is 0 Å². The van der Waals surface area contributed by atoms with Gasteiger partial charge < -0.3 is 0 Å². The lowest BCUT2D eigenvalue weighted by Gasteiger charge is -2.28. The molecule has 4 heteroatoms. The van der Waals surface area contributed by atoms with Crippen molar-refractivity contribution in [2.75, 3.05) is 0 Å². The number of hydrogen-bond acceptors (Lipinski definition) is 2. The summed E-state index contributed by atoms with van der Waals surface area (Å²) in [5, 5.41) is 2.10. The van der Waals surface area contributed by atoms with Gasteiger partial charge in [0.25, 0.3) is 0 Å². The second kappa shape index (κ2) is 8.19. The van der Waals surface area contributed by atoms with Crippen LogP contribution >= 0.6 is 12.2 Å². The summed E-state index contributed by atoms with van der Waals surface area (Å²) in [5.41, 5.74) is 4.62. The Hall–Kier alpha value is -2.60. The molecule has 0 heterocycles. The highest BCUT2D eigenvalue weighted by Gasteiger charge is 2.20. The number of thiocarbonyl (C=S) groups is 1. The van der Waals surface area contributed by atoms with E-state index < -0.39 is 11.6 Å². The van der Waals surface area contributed by atoms with Crippen molar-refractivity contribution in [2.24, 2.45) is 10.9 Å². The number of isothiocyanates is 1. The van der Waals surface area contributed by atoms with Crippen molar-refractivity contribution in [1.82, 2.24) is 0 Å². The van der Waals surface area contributed by atoms with Gasteiger partial charge in [0.05, 0.1) is 16.4 Å². The van der Waals surface area contributed by atoms with Gasteiger partial charge in [0, 0.05) is 17.7 Å². The number of aliphatic imine (C=N–C) groups is 1. The van der Waals surface area contributed by atoms with E-state index in [0.29, 0.717) is 0 Å². The molecule has 0 aliphatic heterocycles. The number of halogens is 2. The molecule has 140 valence electrons. The van der Waals surface area contributed by atoms with Crippen LogP contribution in [0.25, 0.3) is 6.08 Å². The third-order valence-corrected chi connectivity index (χ3v) is 5.62. The summed E-state index contributed by atoms with van der Waals surface area (Å²) < 4.78 is 28.2. The van der Waals surface area contributed by atoms with Gasteiger partial charge in [0.2, 0.25) is 0 Å². The number of hydrogen-bond donors (Lipinski definition) is 0. The maximum atomic E-state index is 14.1. The molecule has 2 aromatic carbocycles. The second-order valence-electron chi connectivity index (χ2n) is 7.45. The van der Waals surface area contributed by atoms with Crippen molar-refractivity contribution in [2.45, 2.75) is 38.5 Å². The lowest BCUT2D eigenvalue weighted by molar-refractivity contribution is 0.312. The van der Waals surface area contributed by atoms with Crippen LogP contribution in [0.15, 0.2) is 40.9 Å². The molecule has 0 bridgehead atoms. The number of allylic oxidation sites excluding steroid dienone is 1. The minimum Gasteiger partial charge on any atom is -0.205 e. The topological polar surface area (TPSA) is 12.4 Å². The Morgan fingerprint density at radius 2 is 1.82 bits per heavy atom. The zero-order valence-corrected chi connectivity index (χ0v) is 16.2. The van der Waals surface area contributed by atoms with Crippen LogP contribution in [0.4, 0.5) is 14.5 Å². The lowest BCUT2D eigenvalue weighted by Crippen LogP contribution is -2.13. The molecule has 28 heavy (non-hydrogen) atoms. The van der Waals surface area contributed by atoms with Gasteiger partial charge in [-0.1, -0.05) is 48.8 Å². The molecule has 0 atom stereocenters. The van der Waals surface area contributed by atoms with E-state index in [-0.39, 0.29) is 11.3 Å². The summed E-state index contributed by atoms with van der Waals surface area (Å²) in [6.07, 6.45) is 9.73. The lowest BCUT2D eigenvalue weighted by atomic mass is 9.78. The molecule has 1 nitrogen and oxygen atoms in total. The van der Waals surface area contributed by atoms with E-state index in [1.165, 1.54) is 36.8 Å². The highest BCUT2D eigenvalue weighted by Crippen LogP contribution is 2.36. The molecule has 2 aliphatic rings. The first-order valence-corrected chi connectivity index (χ1v) is 9.94. The maximum absolute atomic E-state index is 14.1. The maximum Gasteiger partial charge on any atom is 0.143 e. The summed E-state index contributed by atoms with van der Waals surface area (Å²) >= 11 is 4.46. The Morgan fingerprint density at radius 1 is 1.04 bits per heavy atom. The van der Waals surface area contributed by atoms with Crippen LogP contribution in [0.1, 0.15) is 54.4 Å². The Balaban J connectivity index is 1.56. The van der Waals surface area contributed by atoms with E-state index in [2.05, 4.69) is 46.4 Å². The van der Waals surface area contributed by atoms with Gasteiger partial charge in [-0.2, -0.15) is 4.99 Å². The van der Waals surface area contributed by atoms with Gasteiger partial charge in [-0.25, -0.2) is 8.78 Å². The molecule has 1 saturated carbocycles. The molecule has 0 amide bonds. The van der Waals surface area contributed by atoms with Crippen molar-refractivity contribution >= 4 is 29.1 Å². The van der Waals surface area contributed by atoms with E-state index in [9.17, 15) is 8.78 Å². The minimum absolute atomic E-state index is 0.0915. The zero-order valence-electron chi connectivity index (χ0n) is 15.4. The van der Waals surface area contributed by atoms with E-state index in [1.807, 2.05) is 12.1 Å². The second-order valence-corrected chi connectivity index (χ2v) is 7.64. The number of fused-ring (bicyclic) bond motifs is 1. The smallest absolute Gasteiger partial charge is 0.143 e. The molecule has 1 fully saturated rings. The molecule has 0 aromatic heterocycles. The third kappa shape index (κ3) is 4.12. The van der Waals surface area contributed by atoms with Gasteiger partial charge in [0.15, 0.2) is 0 Å². The molecular weight excluding hydrogens is 372 g/mol. The summed E-state index contributed by atoms with van der Waals surface area (Å²) in [6, 6.07) is 8.21. The van der Waals surface area contributed by atoms with Crippen molar-refractivity contribution in [3.8, 4) is 11.8 Å². The van der Waals surface area contributed by atoms with Crippen LogP contribution in [-0.2, 0) is 6.42 Å². The first-order chi connectivity index (χ1) is 13.6. The molecule has 0 saturated heterocycles. The molecule has 4 rings (SSSR count). The fourth-order valence-corrected chi connectivity index (χ4v) is 3.89. The first-order valence-electron chi connectivity index (χ1n) is 9.53. The molecule has 0 unspecified atom stereocenters. The Morgan fingerprint density at radius 3 is 2.50 bits per heavy atom. The average molecular weight is 391 g/mol. The SMILES string of the molecule is Fc1cc(N=C=S)cc(F)c1C#Cc1ccc2c(c1)CCC(CC1CCC1)=C2. The summed E-state index contributed by atoms with van der Waals surface area (Å²) in [7, 11) is 0. The fourth-order valence-electron chi connectivity index (χ4n) is 3.79. The van der Waals surface area contributed by atoms with Gasteiger partial charge in [-0.15, -0.1) is 0 Å². The van der Waals surface area contributed by atoms with E-state index in [1.54, 1.807) is 5.57 Å². The highest BCUT2D eigenvalue weighted by atomic mass is 32.1. The van der Waals surface area contributed by atoms with Crippen LogP contribution in [0, 0.1) is 29.4 Å². The normalized spacial score (nSPS) is 15.4. The van der Waals surface area contributed by atoms with E-state index >= 15 is 0 Å². The summed E-state index contributed by atoms with van der Waals surface area (Å²) in [5.74, 6) is 4.88. The zero-order chi connectivity index (χ0) is 19.5. The van der Waals surface area contributed by atoms with Crippen molar-refractivity contribution in [3.05, 3.63) is 69.8 Å². The van der Waals surface area contributed by atoms with Gasteiger partial charge in [0.1, 0.15) is 11.6 Å². The van der Waals surface area contributed by atoms with Crippen LogP contribution in [0.3, 0.4) is 0 Å². The molecule has 2 aliphatic carbocycles. The van der Waals surface area contributed by atoms with E-state index in [0.717, 1.165) is 36.5 Å². The van der Waals surface area contributed by atoms with Crippen molar-refractivity contribution in [1.29, 1.82) is 0 Å². The molecule has 0 spiro atoms. The highest BCUT2D eigenvalue weighted by molar-refractivity contribution is 7.78. The van der Waals surface area contributed by atoms with E-state index in [4.69, 9.17) is 0 Å². The van der Waals surface area contributed by atoms with Crippen LogP contribution in [0.2, 0.25) is 0 Å². The summed E-state index contributed by atoms with van der Waals surface area (Å²) in [4.78, 5) is 3.60. The van der Waals surface area contributed by atoms with Crippen LogP contribution in [0.5, 0.6) is 0 Å². The molecular formula is C24H19F2NS. The number of nitrogens with zero attached hydrogens (tertiary/aromatic N) is 1. The van der Waals surface area contributed by atoms with Crippen molar-refractivity contribution < 1.29 is 8.78 Å². The Kier molecular flexibility index (Phi) is 5.48. The Bertz CT molecular complexity index is 1040. The quantitative estimate of drug-likeness (QED) is 0.325. The van der Waals surface area contributed by atoms with Crippen molar-refractivity contribution in [3.63, 3.8) is 0 Å². The largest absolute Gasteiger partial charge is 0.205 e. The molecule has 0 radical (unpaired) electrons. The first kappa shape index (κ1) is 18.7. The van der Waals surface area contributed by atoms with Gasteiger partial charge >= 0.3 is 0 Å². The predicted octanol–water partition coefficient (Wildman–Crippen LogP) is 6.62. The molecule has 0 N–H and O–H groups in total. The predicted molar refractivity (Wildman–Crippen MR) is 112 cm³/mol. The molecule has 2 aromatic rings. The number of benzene rings is 2. The monoisotopic (exact) mass is 391 g/mol. The third-order valence-electron chi connectivity index (χ3n) is 5.53. The van der Waals surface area contributed by atoms with Crippen LogP contribution in [-0.4, -0.2) is 5.16 Å². The number of rotatable bonds is 3. The van der Waals surface area contributed by atoms with Gasteiger partial charge in [-0.05, 0) is 60.7 Å². The Labute approximate surface area is 169 Å².